The zero-order chi connectivity index (χ0) is 15.9. The quantitative estimate of drug-likeness (QED) is 0.473. The lowest BCUT2D eigenvalue weighted by Crippen LogP contribution is -1.91. The van der Waals surface area contributed by atoms with E-state index < -0.39 is 0 Å². The molecular formula is C18H16N4S2. The molecule has 2 aromatic carbocycles. The van der Waals surface area contributed by atoms with Gasteiger partial charge < -0.3 is 9.13 Å². The highest BCUT2D eigenvalue weighted by atomic mass is 32.2. The van der Waals surface area contributed by atoms with E-state index in [1.54, 1.807) is 0 Å². The fourth-order valence-electron chi connectivity index (χ4n) is 3.22. The van der Waals surface area contributed by atoms with Gasteiger partial charge in [-0.1, -0.05) is 47.8 Å². The number of fused-ring (bicyclic) bond motifs is 6. The van der Waals surface area contributed by atoms with E-state index in [1.807, 2.05) is 35.7 Å². The minimum absolute atomic E-state index is 1.11. The van der Waals surface area contributed by atoms with Gasteiger partial charge in [-0.15, -0.1) is 0 Å². The predicted octanol–water partition coefficient (Wildman–Crippen LogP) is 4.28. The molecule has 6 rings (SSSR count). The second kappa shape index (κ2) is 5.86. The highest BCUT2D eigenvalue weighted by Crippen LogP contribution is 2.30. The summed E-state index contributed by atoms with van der Waals surface area (Å²) in [5, 5.41) is 2.35. The first-order valence-electron chi connectivity index (χ1n) is 8.06. The van der Waals surface area contributed by atoms with Crippen LogP contribution >= 0.6 is 23.5 Å². The molecule has 120 valence electrons. The molecule has 0 N–H and O–H groups in total. The smallest absolute Gasteiger partial charge is 0.169 e. The summed E-state index contributed by atoms with van der Waals surface area (Å²) < 4.78 is 4.58. The topological polar surface area (TPSA) is 35.6 Å². The molecule has 4 aromatic rings. The van der Waals surface area contributed by atoms with Gasteiger partial charge in [0.25, 0.3) is 0 Å². The van der Waals surface area contributed by atoms with Gasteiger partial charge >= 0.3 is 0 Å². The van der Waals surface area contributed by atoms with Crippen molar-refractivity contribution in [3.63, 3.8) is 0 Å². The zero-order valence-corrected chi connectivity index (χ0v) is 14.7. The Morgan fingerprint density at radius 2 is 1.12 bits per heavy atom. The average Bonchev–Trinajstić information content (AvgIpc) is 3.35. The van der Waals surface area contributed by atoms with Gasteiger partial charge in [-0.2, -0.15) is 0 Å². The summed E-state index contributed by atoms with van der Waals surface area (Å²) in [6.07, 6.45) is 0. The minimum atomic E-state index is 1.11. The molecule has 0 spiro atoms. The van der Waals surface area contributed by atoms with Crippen molar-refractivity contribution in [2.75, 3.05) is 11.5 Å². The zero-order valence-electron chi connectivity index (χ0n) is 13.1. The molecule has 24 heavy (non-hydrogen) atoms. The molecule has 2 aromatic heterocycles. The molecule has 2 aliphatic heterocycles. The van der Waals surface area contributed by atoms with Crippen LogP contribution in [0, 0.1) is 0 Å². The predicted molar refractivity (Wildman–Crippen MR) is 101 cm³/mol. The molecule has 2 aliphatic rings. The molecule has 0 saturated carbocycles. The fraction of sp³-hybridized carbons (Fsp3) is 0.222. The third kappa shape index (κ3) is 2.32. The second-order valence-electron chi connectivity index (χ2n) is 5.77. The number of benzene rings is 2. The summed E-state index contributed by atoms with van der Waals surface area (Å²) >= 11 is 3.69. The lowest BCUT2D eigenvalue weighted by atomic mass is 10.3. The summed E-state index contributed by atoms with van der Waals surface area (Å²) in [4.78, 5) is 9.04. The van der Waals surface area contributed by atoms with Crippen LogP contribution in [0.25, 0.3) is 22.1 Å². The van der Waals surface area contributed by atoms with Crippen LogP contribution in [0.1, 0.15) is 0 Å². The van der Waals surface area contributed by atoms with E-state index in [0.717, 1.165) is 24.1 Å². The third-order valence-corrected chi connectivity index (χ3v) is 6.24. The molecular weight excluding hydrogens is 336 g/mol. The molecule has 0 unspecified atom stereocenters. The van der Waals surface area contributed by atoms with Crippen LogP contribution in [0.5, 0.6) is 0 Å². The van der Waals surface area contributed by atoms with E-state index >= 15 is 0 Å². The first kappa shape index (κ1) is 14.4. The fourth-order valence-corrected chi connectivity index (χ4v) is 5.15. The van der Waals surface area contributed by atoms with Gasteiger partial charge in [-0.05, 0) is 24.3 Å². The van der Waals surface area contributed by atoms with Gasteiger partial charge in [-0.25, -0.2) is 9.97 Å². The van der Waals surface area contributed by atoms with Crippen LogP contribution in [0.4, 0.5) is 0 Å². The Morgan fingerprint density at radius 3 is 1.62 bits per heavy atom. The molecule has 0 saturated heterocycles. The molecule has 0 amide bonds. The van der Waals surface area contributed by atoms with Gasteiger partial charge in [-0.3, -0.25) is 0 Å². The number of hydrogen-bond donors (Lipinski definition) is 0. The Kier molecular flexibility index (Phi) is 3.52. The van der Waals surface area contributed by atoms with Crippen LogP contribution in [0.3, 0.4) is 0 Å². The number of nitrogens with zero attached hydrogens (tertiary/aromatic N) is 4. The van der Waals surface area contributed by atoms with Gasteiger partial charge in [0.1, 0.15) is 0 Å². The number of hydrogen-bond acceptors (Lipinski definition) is 4. The van der Waals surface area contributed by atoms with Crippen molar-refractivity contribution in [2.45, 2.75) is 23.4 Å². The Balaban J connectivity index is 0.000000109. The van der Waals surface area contributed by atoms with E-state index in [9.17, 15) is 0 Å². The minimum Gasteiger partial charge on any atom is -0.318 e. The lowest BCUT2D eigenvalue weighted by molar-refractivity contribution is 0.743. The largest absolute Gasteiger partial charge is 0.318 e. The second-order valence-corrected chi connectivity index (χ2v) is 7.89. The molecule has 0 aliphatic carbocycles. The van der Waals surface area contributed by atoms with E-state index in [2.05, 4.69) is 55.5 Å². The number of aryl methyl sites for hydroxylation is 2. The molecule has 0 fully saturated rings. The molecule has 4 nitrogen and oxygen atoms in total. The first-order valence-corrected chi connectivity index (χ1v) is 10.0. The molecule has 6 heteroatoms. The molecule has 0 bridgehead atoms. The number of para-hydroxylation sites is 4. The summed E-state index contributed by atoms with van der Waals surface area (Å²) in [5.74, 6) is 2.35. The number of aromatic nitrogens is 4. The molecule has 4 heterocycles. The van der Waals surface area contributed by atoms with Crippen molar-refractivity contribution in [2.24, 2.45) is 0 Å². The number of thioether (sulfide) groups is 2. The van der Waals surface area contributed by atoms with Crippen LogP contribution in [0.15, 0.2) is 58.8 Å². The third-order valence-electron chi connectivity index (χ3n) is 4.33. The van der Waals surface area contributed by atoms with E-state index in [4.69, 9.17) is 0 Å². The van der Waals surface area contributed by atoms with E-state index in [0.29, 0.717) is 0 Å². The number of rotatable bonds is 0. The highest BCUT2D eigenvalue weighted by Gasteiger charge is 2.16. The average molecular weight is 352 g/mol. The van der Waals surface area contributed by atoms with Crippen LogP contribution in [-0.2, 0) is 13.1 Å². The van der Waals surface area contributed by atoms with Crippen LogP contribution in [-0.4, -0.2) is 30.6 Å². The van der Waals surface area contributed by atoms with Crippen molar-refractivity contribution in [3.8, 4) is 0 Å². The van der Waals surface area contributed by atoms with Gasteiger partial charge in [0.05, 0.1) is 22.1 Å². The van der Waals surface area contributed by atoms with Crippen molar-refractivity contribution < 1.29 is 0 Å². The SMILES string of the molecule is c1ccc2c(c1)nc1n2CCS1.c1ccc2c(c1)nc1n2CCS1. The Hall–Kier alpha value is -1.92. The Morgan fingerprint density at radius 1 is 0.667 bits per heavy atom. The van der Waals surface area contributed by atoms with Crippen molar-refractivity contribution >= 4 is 45.6 Å². The first-order chi connectivity index (χ1) is 11.9. The summed E-state index contributed by atoms with van der Waals surface area (Å²) in [6.45, 7) is 2.22. The van der Waals surface area contributed by atoms with Gasteiger partial charge in [0, 0.05) is 24.6 Å². The normalized spacial score (nSPS) is 15.3. The monoisotopic (exact) mass is 352 g/mol. The lowest BCUT2D eigenvalue weighted by Gasteiger charge is -1.94. The van der Waals surface area contributed by atoms with E-state index in [1.165, 1.54) is 32.9 Å². The standard InChI is InChI=1S/2C9H8N2S/c2*1-2-4-8-7(3-1)10-9-11(8)5-6-12-9/h2*1-4H,5-6H2. The molecule has 0 atom stereocenters. The number of imidazole rings is 2. The summed E-state index contributed by atoms with van der Waals surface area (Å²) in [7, 11) is 0. The maximum absolute atomic E-state index is 4.52. The molecule has 0 radical (unpaired) electrons. The Bertz CT molecular complexity index is 950. The van der Waals surface area contributed by atoms with Crippen molar-refractivity contribution in [1.82, 2.24) is 19.1 Å². The van der Waals surface area contributed by atoms with Crippen molar-refractivity contribution in [3.05, 3.63) is 48.5 Å². The maximum atomic E-state index is 4.52. The van der Waals surface area contributed by atoms with Crippen molar-refractivity contribution in [1.29, 1.82) is 0 Å². The highest BCUT2D eigenvalue weighted by molar-refractivity contribution is 7.99. The van der Waals surface area contributed by atoms with Crippen LogP contribution < -0.4 is 0 Å². The summed E-state index contributed by atoms with van der Waals surface area (Å²) in [5.41, 5.74) is 4.80. The van der Waals surface area contributed by atoms with Gasteiger partial charge in [0.2, 0.25) is 0 Å². The maximum Gasteiger partial charge on any atom is 0.169 e. The summed E-state index contributed by atoms with van der Waals surface area (Å²) in [6, 6.07) is 16.6. The van der Waals surface area contributed by atoms with Gasteiger partial charge in [0.15, 0.2) is 10.3 Å². The van der Waals surface area contributed by atoms with Crippen LogP contribution in [0.2, 0.25) is 0 Å². The van der Waals surface area contributed by atoms with E-state index in [-0.39, 0.29) is 0 Å². The Labute approximate surface area is 148 Å².